The van der Waals surface area contributed by atoms with Gasteiger partial charge in [-0.15, -0.1) is 0 Å². The van der Waals surface area contributed by atoms with Crippen LogP contribution in [-0.2, 0) is 4.79 Å². The first-order valence-corrected chi connectivity index (χ1v) is 6.35. The number of hydrogen-bond acceptors (Lipinski definition) is 3. The molecule has 1 unspecified atom stereocenters. The fourth-order valence-electron chi connectivity index (χ4n) is 1.67. The second-order valence-electron chi connectivity index (χ2n) is 4.02. The minimum atomic E-state index is -1.03. The lowest BCUT2D eigenvalue weighted by Crippen LogP contribution is -2.44. The summed E-state index contributed by atoms with van der Waals surface area (Å²) in [4.78, 5) is 11.3. The van der Waals surface area contributed by atoms with Crippen LogP contribution in [-0.4, -0.2) is 28.2 Å². The Bertz CT molecular complexity index is 380. The van der Waals surface area contributed by atoms with Gasteiger partial charge in [0.15, 0.2) is 0 Å². The number of ether oxygens (including phenoxy) is 1. The third-order valence-electron chi connectivity index (χ3n) is 2.71. The number of benzene rings is 1. The highest BCUT2D eigenvalue weighted by Gasteiger charge is 2.44. The summed E-state index contributed by atoms with van der Waals surface area (Å²) in [5.41, 5.74) is 0.109. The fraction of sp³-hybridized carbons (Fsp3) is 0.417. The fourth-order valence-corrected chi connectivity index (χ4v) is 2.95. The number of hydrogen-bond donors (Lipinski definition) is 1. The first-order valence-electron chi connectivity index (χ1n) is 5.19. The second-order valence-corrected chi connectivity index (χ2v) is 5.12. The minimum Gasteiger partial charge on any atom is -0.478 e. The van der Waals surface area contributed by atoms with Gasteiger partial charge in [-0.25, -0.2) is 4.79 Å². The van der Waals surface area contributed by atoms with Crippen molar-refractivity contribution in [1.82, 2.24) is 0 Å². The molecule has 1 aliphatic heterocycles. The number of rotatable bonds is 3. The molecule has 4 heteroatoms. The van der Waals surface area contributed by atoms with Crippen LogP contribution in [0.1, 0.15) is 12.0 Å². The standard InChI is InChI=1S/C12H14O3S/c1-9-2-4-10(5-3-9)15-12(11(13)14)6-7-16-8-12/h2-5H,6-8H2,1H3,(H,13,14). The van der Waals surface area contributed by atoms with Crippen LogP contribution < -0.4 is 4.74 Å². The van der Waals surface area contributed by atoms with Crippen LogP contribution in [0, 0.1) is 6.92 Å². The molecule has 1 N–H and O–H groups in total. The van der Waals surface area contributed by atoms with Crippen LogP contribution in [0.3, 0.4) is 0 Å². The minimum absolute atomic E-state index is 0.524. The summed E-state index contributed by atoms with van der Waals surface area (Å²) >= 11 is 1.63. The number of aryl methyl sites for hydroxylation is 1. The Kier molecular flexibility index (Phi) is 3.10. The van der Waals surface area contributed by atoms with Gasteiger partial charge in [0, 0.05) is 12.2 Å². The van der Waals surface area contributed by atoms with Crippen molar-refractivity contribution >= 4 is 17.7 Å². The normalized spacial score (nSPS) is 24.3. The van der Waals surface area contributed by atoms with Crippen molar-refractivity contribution in [2.45, 2.75) is 18.9 Å². The lowest BCUT2D eigenvalue weighted by Gasteiger charge is -2.24. The first kappa shape index (κ1) is 11.3. The van der Waals surface area contributed by atoms with Crippen LogP contribution in [0.15, 0.2) is 24.3 Å². The van der Waals surface area contributed by atoms with Crippen molar-refractivity contribution in [3.8, 4) is 5.75 Å². The van der Waals surface area contributed by atoms with Gasteiger partial charge in [-0.2, -0.15) is 11.8 Å². The number of carboxylic acids is 1. The zero-order valence-electron chi connectivity index (χ0n) is 9.10. The Morgan fingerprint density at radius 3 is 2.62 bits per heavy atom. The van der Waals surface area contributed by atoms with Gasteiger partial charge >= 0.3 is 5.97 Å². The Hall–Kier alpha value is -1.16. The zero-order valence-corrected chi connectivity index (χ0v) is 9.92. The molecule has 1 saturated heterocycles. The molecule has 1 atom stereocenters. The third kappa shape index (κ3) is 2.16. The molecule has 0 aromatic heterocycles. The Balaban J connectivity index is 2.18. The van der Waals surface area contributed by atoms with Gasteiger partial charge in [0.05, 0.1) is 0 Å². The molecule has 1 aromatic rings. The van der Waals surface area contributed by atoms with E-state index in [1.165, 1.54) is 0 Å². The van der Waals surface area contributed by atoms with E-state index in [1.807, 2.05) is 31.2 Å². The van der Waals surface area contributed by atoms with Crippen molar-refractivity contribution in [1.29, 1.82) is 0 Å². The maximum absolute atomic E-state index is 11.3. The molecule has 0 amide bonds. The predicted molar refractivity (Wildman–Crippen MR) is 64.1 cm³/mol. The van der Waals surface area contributed by atoms with Crippen molar-refractivity contribution in [3.05, 3.63) is 29.8 Å². The van der Waals surface area contributed by atoms with E-state index in [-0.39, 0.29) is 0 Å². The van der Waals surface area contributed by atoms with Crippen LogP contribution >= 0.6 is 11.8 Å². The summed E-state index contributed by atoms with van der Waals surface area (Å²) in [7, 11) is 0. The van der Waals surface area contributed by atoms with Crippen LogP contribution in [0.2, 0.25) is 0 Å². The van der Waals surface area contributed by atoms with E-state index in [0.717, 1.165) is 11.3 Å². The molecular weight excluding hydrogens is 224 g/mol. The van der Waals surface area contributed by atoms with Gasteiger partial charge in [0.1, 0.15) is 5.75 Å². The molecule has 0 saturated carbocycles. The lowest BCUT2D eigenvalue weighted by atomic mass is 10.0. The van der Waals surface area contributed by atoms with E-state index in [1.54, 1.807) is 11.8 Å². The smallest absolute Gasteiger partial charge is 0.348 e. The number of carboxylic acid groups (broad SMARTS) is 1. The van der Waals surface area contributed by atoms with Crippen LogP contribution in [0.4, 0.5) is 0 Å². The van der Waals surface area contributed by atoms with Gasteiger partial charge in [-0.05, 0) is 24.8 Å². The third-order valence-corrected chi connectivity index (χ3v) is 3.87. The van der Waals surface area contributed by atoms with Crippen LogP contribution in [0.5, 0.6) is 5.75 Å². The largest absolute Gasteiger partial charge is 0.478 e. The summed E-state index contributed by atoms with van der Waals surface area (Å²) < 4.78 is 5.66. The molecule has 1 fully saturated rings. The number of thioether (sulfide) groups is 1. The molecule has 3 nitrogen and oxygen atoms in total. The predicted octanol–water partition coefficient (Wildman–Crippen LogP) is 2.33. The van der Waals surface area contributed by atoms with Crippen molar-refractivity contribution < 1.29 is 14.6 Å². The summed E-state index contributed by atoms with van der Waals surface area (Å²) in [6, 6.07) is 7.49. The summed E-state index contributed by atoms with van der Waals surface area (Å²) in [6.45, 7) is 1.99. The molecule has 86 valence electrons. The van der Waals surface area contributed by atoms with Gasteiger partial charge in [-0.1, -0.05) is 17.7 Å². The van der Waals surface area contributed by atoms with E-state index >= 15 is 0 Å². The SMILES string of the molecule is Cc1ccc(OC2(C(=O)O)CCSC2)cc1. The van der Waals surface area contributed by atoms with E-state index in [9.17, 15) is 9.90 Å². The summed E-state index contributed by atoms with van der Waals surface area (Å²) in [5, 5.41) is 9.24. The van der Waals surface area contributed by atoms with Crippen molar-refractivity contribution in [3.63, 3.8) is 0 Å². The summed E-state index contributed by atoms with van der Waals surface area (Å²) in [5.74, 6) is 1.14. The van der Waals surface area contributed by atoms with Crippen molar-refractivity contribution in [2.24, 2.45) is 0 Å². The highest BCUT2D eigenvalue weighted by atomic mass is 32.2. The van der Waals surface area contributed by atoms with E-state index in [0.29, 0.717) is 17.9 Å². The second kappa shape index (κ2) is 4.37. The lowest BCUT2D eigenvalue weighted by molar-refractivity contribution is -0.152. The average molecular weight is 238 g/mol. The molecule has 0 radical (unpaired) electrons. The molecule has 0 aliphatic carbocycles. The summed E-state index contributed by atoms with van der Waals surface area (Å²) in [6.07, 6.45) is 0.570. The molecule has 16 heavy (non-hydrogen) atoms. The topological polar surface area (TPSA) is 46.5 Å². The number of aliphatic carboxylic acids is 1. The highest BCUT2D eigenvalue weighted by molar-refractivity contribution is 7.99. The van der Waals surface area contributed by atoms with E-state index in [4.69, 9.17) is 4.74 Å². The Morgan fingerprint density at radius 2 is 2.12 bits per heavy atom. The quantitative estimate of drug-likeness (QED) is 0.878. The van der Waals surface area contributed by atoms with Gasteiger partial charge in [-0.3, -0.25) is 0 Å². The highest BCUT2D eigenvalue weighted by Crippen LogP contribution is 2.33. The molecule has 0 spiro atoms. The monoisotopic (exact) mass is 238 g/mol. The van der Waals surface area contributed by atoms with Gasteiger partial charge < -0.3 is 9.84 Å². The van der Waals surface area contributed by atoms with Crippen LogP contribution in [0.25, 0.3) is 0 Å². The van der Waals surface area contributed by atoms with Gasteiger partial charge in [0.2, 0.25) is 5.60 Å². The zero-order chi connectivity index (χ0) is 11.6. The molecule has 1 aliphatic rings. The molecule has 1 aromatic carbocycles. The van der Waals surface area contributed by atoms with Crippen molar-refractivity contribution in [2.75, 3.05) is 11.5 Å². The molecular formula is C12H14O3S. The first-order chi connectivity index (χ1) is 7.62. The maximum atomic E-state index is 11.3. The average Bonchev–Trinajstić information content (AvgIpc) is 2.71. The van der Waals surface area contributed by atoms with Gasteiger partial charge in [0.25, 0.3) is 0 Å². The Morgan fingerprint density at radius 1 is 1.44 bits per heavy atom. The van der Waals surface area contributed by atoms with E-state index in [2.05, 4.69) is 0 Å². The molecule has 1 heterocycles. The molecule has 0 bridgehead atoms. The Labute approximate surface area is 98.8 Å². The number of carbonyl (C=O) groups is 1. The molecule has 2 rings (SSSR count). The maximum Gasteiger partial charge on any atom is 0.348 e. The van der Waals surface area contributed by atoms with E-state index < -0.39 is 11.6 Å².